The summed E-state index contributed by atoms with van der Waals surface area (Å²) >= 11 is 3.39. The summed E-state index contributed by atoms with van der Waals surface area (Å²) in [5.74, 6) is 0.922. The highest BCUT2D eigenvalue weighted by atomic mass is 79.9. The van der Waals surface area contributed by atoms with Gasteiger partial charge in [0.2, 0.25) is 0 Å². The Bertz CT molecular complexity index is 375. The van der Waals surface area contributed by atoms with Gasteiger partial charge in [0.05, 0.1) is 6.61 Å². The molecule has 0 aliphatic rings. The monoisotopic (exact) mass is 328 g/mol. The Morgan fingerprint density at radius 2 is 1.95 bits per heavy atom. The van der Waals surface area contributed by atoms with Crippen molar-refractivity contribution in [3.8, 4) is 5.75 Å². The van der Waals surface area contributed by atoms with Gasteiger partial charge >= 0.3 is 0 Å². The summed E-state index contributed by atoms with van der Waals surface area (Å²) in [6.07, 6.45) is 2.15. The molecule has 1 aromatic rings. The van der Waals surface area contributed by atoms with Crippen LogP contribution in [0.3, 0.4) is 0 Å². The molecule has 1 atom stereocenters. The fraction of sp³-hybridized carbons (Fsp3) is 0.533. The van der Waals surface area contributed by atoms with Gasteiger partial charge in [-0.15, -0.1) is 0 Å². The van der Waals surface area contributed by atoms with Gasteiger partial charge in [0, 0.05) is 18.9 Å². The first kappa shape index (κ1) is 16.2. The minimum atomic E-state index is -0.465. The molecule has 0 aliphatic heterocycles. The van der Waals surface area contributed by atoms with Gasteiger partial charge in [-0.1, -0.05) is 35.0 Å². The fourth-order valence-electron chi connectivity index (χ4n) is 1.76. The second kappa shape index (κ2) is 9.10. The first-order chi connectivity index (χ1) is 9.22. The van der Waals surface area contributed by atoms with Crippen LogP contribution in [-0.2, 0) is 9.53 Å². The van der Waals surface area contributed by atoms with E-state index in [1.807, 2.05) is 31.2 Å². The number of unbranched alkanes of at least 4 members (excludes halogenated alkanes) is 1. The van der Waals surface area contributed by atoms with Crippen LogP contribution in [-0.4, -0.2) is 24.8 Å². The SMILES string of the molecule is CCC(=O)C(OC)c1ccc(OCCCCBr)cc1. The molecular formula is C15H21BrO3. The lowest BCUT2D eigenvalue weighted by Gasteiger charge is -2.14. The number of hydrogen-bond donors (Lipinski definition) is 0. The summed E-state index contributed by atoms with van der Waals surface area (Å²) in [7, 11) is 1.56. The average molecular weight is 329 g/mol. The van der Waals surface area contributed by atoms with Crippen LogP contribution in [0.15, 0.2) is 24.3 Å². The van der Waals surface area contributed by atoms with Crippen molar-refractivity contribution in [2.24, 2.45) is 0 Å². The van der Waals surface area contributed by atoms with Crippen LogP contribution < -0.4 is 4.74 Å². The van der Waals surface area contributed by atoms with E-state index >= 15 is 0 Å². The van der Waals surface area contributed by atoms with E-state index in [9.17, 15) is 4.79 Å². The molecule has 1 unspecified atom stereocenters. The summed E-state index contributed by atoms with van der Waals surface area (Å²) in [6, 6.07) is 7.56. The number of ether oxygens (including phenoxy) is 2. The van der Waals surface area contributed by atoms with Crippen LogP contribution >= 0.6 is 15.9 Å². The molecule has 0 saturated heterocycles. The van der Waals surface area contributed by atoms with Crippen LogP contribution in [0.1, 0.15) is 37.9 Å². The Balaban J connectivity index is 2.57. The van der Waals surface area contributed by atoms with Crippen molar-refractivity contribution in [3.63, 3.8) is 0 Å². The van der Waals surface area contributed by atoms with Gasteiger partial charge < -0.3 is 9.47 Å². The third kappa shape index (κ3) is 5.33. The van der Waals surface area contributed by atoms with Crippen molar-refractivity contribution < 1.29 is 14.3 Å². The van der Waals surface area contributed by atoms with Gasteiger partial charge in [-0.25, -0.2) is 0 Å². The van der Waals surface area contributed by atoms with E-state index in [0.29, 0.717) is 13.0 Å². The van der Waals surface area contributed by atoms with Crippen LogP contribution in [0.5, 0.6) is 5.75 Å². The quantitative estimate of drug-likeness (QED) is 0.509. The average Bonchev–Trinajstić information content (AvgIpc) is 2.45. The molecule has 0 bridgehead atoms. The number of alkyl halides is 1. The topological polar surface area (TPSA) is 35.5 Å². The number of halogens is 1. The van der Waals surface area contributed by atoms with Crippen molar-refractivity contribution in [1.29, 1.82) is 0 Å². The lowest BCUT2D eigenvalue weighted by Crippen LogP contribution is -2.13. The van der Waals surface area contributed by atoms with Crippen LogP contribution in [0.25, 0.3) is 0 Å². The molecule has 1 rings (SSSR count). The van der Waals surface area contributed by atoms with E-state index in [4.69, 9.17) is 9.47 Å². The van der Waals surface area contributed by atoms with Gasteiger partial charge in [-0.3, -0.25) is 4.79 Å². The highest BCUT2D eigenvalue weighted by molar-refractivity contribution is 9.09. The Morgan fingerprint density at radius 1 is 1.26 bits per heavy atom. The van der Waals surface area contributed by atoms with Gasteiger partial charge in [0.1, 0.15) is 11.9 Å². The number of carbonyl (C=O) groups is 1. The van der Waals surface area contributed by atoms with Crippen molar-refractivity contribution in [3.05, 3.63) is 29.8 Å². The molecule has 0 heterocycles. The summed E-state index contributed by atoms with van der Waals surface area (Å²) in [5.41, 5.74) is 0.877. The van der Waals surface area contributed by atoms with Crippen molar-refractivity contribution >= 4 is 21.7 Å². The molecule has 0 fully saturated rings. The van der Waals surface area contributed by atoms with Crippen molar-refractivity contribution in [2.45, 2.75) is 32.3 Å². The highest BCUT2D eigenvalue weighted by Gasteiger charge is 2.17. The molecule has 0 spiro atoms. The number of carbonyl (C=O) groups excluding carboxylic acids is 1. The van der Waals surface area contributed by atoms with Crippen LogP contribution in [0, 0.1) is 0 Å². The first-order valence-corrected chi connectivity index (χ1v) is 7.69. The molecule has 106 valence electrons. The minimum Gasteiger partial charge on any atom is -0.494 e. The third-order valence-corrected chi connectivity index (χ3v) is 3.42. The van der Waals surface area contributed by atoms with Crippen molar-refractivity contribution in [2.75, 3.05) is 19.0 Å². The second-order valence-corrected chi connectivity index (χ2v) is 5.04. The number of hydrogen-bond acceptors (Lipinski definition) is 3. The van der Waals surface area contributed by atoms with Crippen LogP contribution in [0.2, 0.25) is 0 Å². The molecule has 0 amide bonds. The van der Waals surface area contributed by atoms with Gasteiger partial charge in [0.15, 0.2) is 5.78 Å². The molecule has 1 aromatic carbocycles. The standard InChI is InChI=1S/C15H21BrO3/c1-3-14(17)15(18-2)12-6-8-13(9-7-12)19-11-5-4-10-16/h6-9,15H,3-5,10-11H2,1-2H3. The van der Waals surface area contributed by atoms with Crippen LogP contribution in [0.4, 0.5) is 0 Å². The molecule has 0 saturated carbocycles. The fourth-order valence-corrected chi connectivity index (χ4v) is 2.16. The molecule has 3 nitrogen and oxygen atoms in total. The van der Waals surface area contributed by atoms with E-state index in [1.54, 1.807) is 7.11 Å². The van der Waals surface area contributed by atoms with E-state index in [1.165, 1.54) is 0 Å². The number of Topliss-reactive ketones (excluding diaryl/α,β-unsaturated/α-hetero) is 1. The molecule has 0 aromatic heterocycles. The molecule has 19 heavy (non-hydrogen) atoms. The predicted octanol–water partition coefficient (Wildman–Crippen LogP) is 3.91. The zero-order valence-electron chi connectivity index (χ0n) is 11.5. The molecule has 4 heteroatoms. The second-order valence-electron chi connectivity index (χ2n) is 4.25. The minimum absolute atomic E-state index is 0.0912. The zero-order valence-corrected chi connectivity index (χ0v) is 13.1. The van der Waals surface area contributed by atoms with Gasteiger partial charge in [-0.2, -0.15) is 0 Å². The lowest BCUT2D eigenvalue weighted by molar-refractivity contribution is -0.128. The number of ketones is 1. The Kier molecular flexibility index (Phi) is 7.75. The smallest absolute Gasteiger partial charge is 0.165 e. The van der Waals surface area contributed by atoms with Gasteiger partial charge in [-0.05, 0) is 30.5 Å². The summed E-state index contributed by atoms with van der Waals surface area (Å²) in [6.45, 7) is 2.56. The third-order valence-electron chi connectivity index (χ3n) is 2.86. The Hall–Kier alpha value is -0.870. The zero-order chi connectivity index (χ0) is 14.1. The summed E-state index contributed by atoms with van der Waals surface area (Å²) in [5, 5.41) is 1.00. The lowest BCUT2D eigenvalue weighted by atomic mass is 10.0. The van der Waals surface area contributed by atoms with Gasteiger partial charge in [0.25, 0.3) is 0 Å². The van der Waals surface area contributed by atoms with E-state index in [2.05, 4.69) is 15.9 Å². The molecule has 0 aliphatic carbocycles. The Morgan fingerprint density at radius 3 is 2.47 bits per heavy atom. The number of benzene rings is 1. The largest absolute Gasteiger partial charge is 0.494 e. The normalized spacial score (nSPS) is 12.2. The maximum Gasteiger partial charge on any atom is 0.165 e. The first-order valence-electron chi connectivity index (χ1n) is 6.57. The molecule has 0 N–H and O–H groups in total. The Labute approximate surface area is 123 Å². The number of methoxy groups -OCH3 is 1. The number of rotatable bonds is 9. The van der Waals surface area contributed by atoms with E-state index in [0.717, 1.165) is 29.5 Å². The van der Waals surface area contributed by atoms with E-state index < -0.39 is 6.10 Å². The summed E-state index contributed by atoms with van der Waals surface area (Å²) < 4.78 is 10.9. The van der Waals surface area contributed by atoms with E-state index in [-0.39, 0.29) is 5.78 Å². The highest BCUT2D eigenvalue weighted by Crippen LogP contribution is 2.22. The predicted molar refractivity (Wildman–Crippen MR) is 80.0 cm³/mol. The van der Waals surface area contributed by atoms with Crippen molar-refractivity contribution in [1.82, 2.24) is 0 Å². The summed E-state index contributed by atoms with van der Waals surface area (Å²) in [4.78, 5) is 11.7. The molecule has 0 radical (unpaired) electrons. The maximum atomic E-state index is 11.7. The molecular weight excluding hydrogens is 308 g/mol. The maximum absolute atomic E-state index is 11.7.